The molecule has 1 amide bonds. The van der Waals surface area contributed by atoms with Gasteiger partial charge in [0, 0.05) is 17.8 Å². The summed E-state index contributed by atoms with van der Waals surface area (Å²) in [5.41, 5.74) is 4.57. The Bertz CT molecular complexity index is 784. The number of nitro groups is 2. The molecular weight excluding hydrogens is 304 g/mol. The highest BCUT2D eigenvalue weighted by Gasteiger charge is 2.28. The van der Waals surface area contributed by atoms with Crippen LogP contribution in [0.1, 0.15) is 15.9 Å². The van der Waals surface area contributed by atoms with Crippen LogP contribution in [0.5, 0.6) is 0 Å². The van der Waals surface area contributed by atoms with Crippen LogP contribution in [0, 0.1) is 27.2 Å². The van der Waals surface area contributed by atoms with E-state index in [0.29, 0.717) is 5.69 Å². The van der Waals surface area contributed by atoms with E-state index in [1.165, 1.54) is 0 Å². The molecule has 9 heteroatoms. The van der Waals surface area contributed by atoms with Crippen LogP contribution in [0.4, 0.5) is 22.7 Å². The highest BCUT2D eigenvalue weighted by Crippen LogP contribution is 2.37. The molecule has 0 saturated carbocycles. The largest absolute Gasteiger partial charge is 0.366 e. The summed E-state index contributed by atoms with van der Waals surface area (Å²) in [6.45, 7) is 1.81. The number of nitrogens with two attached hydrogens (primary N) is 1. The van der Waals surface area contributed by atoms with Crippen molar-refractivity contribution in [1.82, 2.24) is 0 Å². The van der Waals surface area contributed by atoms with Crippen molar-refractivity contribution in [3.63, 3.8) is 0 Å². The van der Waals surface area contributed by atoms with Gasteiger partial charge in [-0.1, -0.05) is 12.1 Å². The number of hydrogen-bond donors (Lipinski definition) is 2. The lowest BCUT2D eigenvalue weighted by atomic mass is 10.1. The molecule has 0 saturated heterocycles. The maximum Gasteiger partial charge on any atom is 0.300 e. The fourth-order valence-corrected chi connectivity index (χ4v) is 2.04. The molecule has 0 fully saturated rings. The van der Waals surface area contributed by atoms with Gasteiger partial charge >= 0.3 is 11.4 Å². The van der Waals surface area contributed by atoms with Crippen LogP contribution in [-0.4, -0.2) is 15.8 Å². The summed E-state index contributed by atoms with van der Waals surface area (Å²) < 4.78 is 0. The minimum atomic E-state index is -0.988. The fourth-order valence-electron chi connectivity index (χ4n) is 2.04. The van der Waals surface area contributed by atoms with Crippen molar-refractivity contribution in [3.8, 4) is 0 Å². The van der Waals surface area contributed by atoms with Gasteiger partial charge in [0.1, 0.15) is 0 Å². The Kier molecular flexibility index (Phi) is 4.21. The van der Waals surface area contributed by atoms with Crippen LogP contribution in [0.3, 0.4) is 0 Å². The molecule has 2 rings (SSSR count). The SMILES string of the molecule is Cc1cccc(Nc2c([N+](=O)[O-])cc(C(N)=O)cc2[N+](=O)[O-])c1. The van der Waals surface area contributed by atoms with Crippen molar-refractivity contribution in [3.05, 3.63) is 67.8 Å². The summed E-state index contributed by atoms with van der Waals surface area (Å²) in [5, 5.41) is 25.1. The minimum Gasteiger partial charge on any atom is -0.366 e. The van der Waals surface area contributed by atoms with Crippen molar-refractivity contribution in [2.45, 2.75) is 6.92 Å². The Morgan fingerprint density at radius 1 is 1.09 bits per heavy atom. The number of nitrogens with one attached hydrogen (secondary N) is 1. The van der Waals surface area contributed by atoms with Crippen molar-refractivity contribution in [2.75, 3.05) is 5.32 Å². The molecule has 0 bridgehead atoms. The Labute approximate surface area is 130 Å². The number of benzene rings is 2. The average Bonchev–Trinajstić information content (AvgIpc) is 2.46. The van der Waals surface area contributed by atoms with Crippen LogP contribution >= 0.6 is 0 Å². The predicted molar refractivity (Wildman–Crippen MR) is 82.7 cm³/mol. The number of amides is 1. The highest BCUT2D eigenvalue weighted by atomic mass is 16.6. The second-order valence-corrected chi connectivity index (χ2v) is 4.76. The van der Waals surface area contributed by atoms with Gasteiger partial charge in [-0.05, 0) is 24.6 Å². The molecule has 0 heterocycles. The molecule has 0 spiro atoms. The van der Waals surface area contributed by atoms with E-state index in [4.69, 9.17) is 5.73 Å². The van der Waals surface area contributed by atoms with E-state index in [-0.39, 0.29) is 11.3 Å². The lowest BCUT2D eigenvalue weighted by molar-refractivity contribution is -0.392. The van der Waals surface area contributed by atoms with Gasteiger partial charge in [0.2, 0.25) is 5.91 Å². The molecule has 0 aliphatic heterocycles. The van der Waals surface area contributed by atoms with E-state index in [1.807, 2.05) is 13.0 Å². The molecule has 0 aliphatic carbocycles. The molecule has 9 nitrogen and oxygen atoms in total. The van der Waals surface area contributed by atoms with Crippen molar-refractivity contribution >= 4 is 28.7 Å². The number of nitrogens with zero attached hydrogens (tertiary/aromatic N) is 2. The van der Waals surface area contributed by atoms with Crippen LogP contribution in [0.25, 0.3) is 0 Å². The van der Waals surface area contributed by atoms with Crippen LogP contribution < -0.4 is 11.1 Å². The first-order chi connectivity index (χ1) is 10.8. The van der Waals surface area contributed by atoms with Gasteiger partial charge in [0.05, 0.1) is 15.4 Å². The van der Waals surface area contributed by atoms with Crippen molar-refractivity contribution < 1.29 is 14.6 Å². The van der Waals surface area contributed by atoms with E-state index in [2.05, 4.69) is 5.32 Å². The summed E-state index contributed by atoms with van der Waals surface area (Å²) in [4.78, 5) is 32.0. The average molecular weight is 316 g/mol. The normalized spacial score (nSPS) is 10.1. The van der Waals surface area contributed by atoms with E-state index in [9.17, 15) is 25.0 Å². The first kappa shape index (κ1) is 15.9. The highest BCUT2D eigenvalue weighted by molar-refractivity contribution is 5.96. The summed E-state index contributed by atoms with van der Waals surface area (Å²) >= 11 is 0. The Morgan fingerprint density at radius 2 is 1.65 bits per heavy atom. The lowest BCUT2D eigenvalue weighted by Crippen LogP contribution is -2.13. The van der Waals surface area contributed by atoms with Crippen LogP contribution in [-0.2, 0) is 0 Å². The molecule has 2 aromatic rings. The molecule has 3 N–H and O–H groups in total. The van der Waals surface area contributed by atoms with Gasteiger partial charge in [-0.15, -0.1) is 0 Å². The van der Waals surface area contributed by atoms with Crippen molar-refractivity contribution in [1.29, 1.82) is 0 Å². The Morgan fingerprint density at radius 3 is 2.09 bits per heavy atom. The Balaban J connectivity index is 2.66. The number of hydrogen-bond acceptors (Lipinski definition) is 6. The maximum absolute atomic E-state index is 11.2. The van der Waals surface area contributed by atoms with Crippen molar-refractivity contribution in [2.24, 2.45) is 5.73 Å². The fraction of sp³-hybridized carbons (Fsp3) is 0.0714. The summed E-state index contributed by atoms with van der Waals surface area (Å²) in [6, 6.07) is 8.62. The lowest BCUT2D eigenvalue weighted by Gasteiger charge is -2.09. The first-order valence-electron chi connectivity index (χ1n) is 6.40. The Hall–Kier alpha value is -3.49. The third-order valence-corrected chi connectivity index (χ3v) is 3.06. The third-order valence-electron chi connectivity index (χ3n) is 3.06. The molecule has 23 heavy (non-hydrogen) atoms. The zero-order chi connectivity index (χ0) is 17.1. The van der Waals surface area contributed by atoms with Gasteiger partial charge < -0.3 is 11.1 Å². The predicted octanol–water partition coefficient (Wildman–Crippen LogP) is 2.65. The smallest absolute Gasteiger partial charge is 0.300 e. The zero-order valence-electron chi connectivity index (χ0n) is 12.0. The van der Waals surface area contributed by atoms with Gasteiger partial charge in [-0.25, -0.2) is 0 Å². The van der Waals surface area contributed by atoms with Gasteiger partial charge in [0.15, 0.2) is 5.69 Å². The molecular formula is C14H12N4O5. The first-order valence-corrected chi connectivity index (χ1v) is 6.40. The standard InChI is InChI=1S/C14H12N4O5/c1-8-3-2-4-10(5-8)16-13-11(17(20)21)6-9(14(15)19)7-12(13)18(22)23/h2-7,16H,1H3,(H2,15,19). The maximum atomic E-state index is 11.2. The van der Waals surface area contributed by atoms with Crippen LogP contribution in [0.15, 0.2) is 36.4 Å². The van der Waals surface area contributed by atoms with Gasteiger partial charge in [0.25, 0.3) is 0 Å². The second kappa shape index (κ2) is 6.10. The topological polar surface area (TPSA) is 141 Å². The number of rotatable bonds is 5. The number of carbonyl (C=O) groups excluding carboxylic acids is 1. The number of nitro benzene ring substituents is 2. The quantitative estimate of drug-likeness (QED) is 0.641. The molecule has 0 aliphatic rings. The molecule has 0 atom stereocenters. The van der Waals surface area contributed by atoms with Gasteiger partial charge in [-0.3, -0.25) is 25.0 Å². The van der Waals surface area contributed by atoms with E-state index >= 15 is 0 Å². The number of aryl methyl sites for hydroxylation is 1. The van der Waals surface area contributed by atoms with E-state index in [0.717, 1.165) is 17.7 Å². The number of carbonyl (C=O) groups is 1. The van der Waals surface area contributed by atoms with Crippen LogP contribution in [0.2, 0.25) is 0 Å². The molecule has 2 aromatic carbocycles. The third kappa shape index (κ3) is 3.40. The number of primary amides is 1. The summed E-state index contributed by atoms with van der Waals surface area (Å²) in [7, 11) is 0. The van der Waals surface area contributed by atoms with E-state index in [1.54, 1.807) is 18.2 Å². The monoisotopic (exact) mass is 316 g/mol. The molecule has 0 radical (unpaired) electrons. The summed E-state index contributed by atoms with van der Waals surface area (Å²) in [5.74, 6) is -0.988. The zero-order valence-corrected chi connectivity index (χ0v) is 12.0. The number of anilines is 2. The summed E-state index contributed by atoms with van der Waals surface area (Å²) in [6.07, 6.45) is 0. The van der Waals surface area contributed by atoms with Gasteiger partial charge in [-0.2, -0.15) is 0 Å². The second-order valence-electron chi connectivity index (χ2n) is 4.76. The molecule has 0 aromatic heterocycles. The molecule has 0 unspecified atom stereocenters. The molecule has 118 valence electrons. The minimum absolute atomic E-state index is 0.307. The van der Waals surface area contributed by atoms with E-state index < -0.39 is 27.1 Å².